The Balaban J connectivity index is 1.87. The van der Waals surface area contributed by atoms with Crippen LogP contribution in [0, 0.1) is 17.6 Å². The second-order valence-corrected chi connectivity index (χ2v) is 9.11. The lowest BCUT2D eigenvalue weighted by atomic mass is 10.0. The van der Waals surface area contributed by atoms with Crippen molar-refractivity contribution in [1.29, 1.82) is 0 Å². The molecule has 1 fully saturated rings. The SMILES string of the molecule is COC1(CN(C)C)CCN(c2ccc(S(=O)(=O)Nc3cccc(F)n3)c(F)c2F)C1. The lowest BCUT2D eigenvalue weighted by Crippen LogP contribution is -2.44. The van der Waals surface area contributed by atoms with E-state index in [-0.39, 0.29) is 11.5 Å². The van der Waals surface area contributed by atoms with E-state index < -0.39 is 38.1 Å². The minimum Gasteiger partial charge on any atom is -0.375 e. The lowest BCUT2D eigenvalue weighted by Gasteiger charge is -2.31. The van der Waals surface area contributed by atoms with Crippen molar-refractivity contribution in [3.05, 3.63) is 47.9 Å². The number of pyridine rings is 1. The maximum absolute atomic E-state index is 14.8. The number of benzene rings is 1. The number of nitrogens with one attached hydrogen (secondary N) is 1. The van der Waals surface area contributed by atoms with E-state index in [0.29, 0.717) is 26.1 Å². The maximum Gasteiger partial charge on any atom is 0.266 e. The molecule has 1 atom stereocenters. The minimum atomic E-state index is -4.51. The number of ether oxygens (including phenoxy) is 1. The molecule has 2 heterocycles. The third kappa shape index (κ3) is 4.52. The summed E-state index contributed by atoms with van der Waals surface area (Å²) in [7, 11) is 0.849. The summed E-state index contributed by atoms with van der Waals surface area (Å²) < 4.78 is 75.3. The molecular weight excluding hydrogens is 421 g/mol. The first kappa shape index (κ1) is 22.3. The van der Waals surface area contributed by atoms with Crippen molar-refractivity contribution < 1.29 is 26.3 Å². The van der Waals surface area contributed by atoms with Crippen LogP contribution in [-0.2, 0) is 14.8 Å². The molecule has 7 nitrogen and oxygen atoms in total. The van der Waals surface area contributed by atoms with Gasteiger partial charge in [-0.2, -0.15) is 4.39 Å². The highest BCUT2D eigenvalue weighted by atomic mass is 32.2. The van der Waals surface area contributed by atoms with Gasteiger partial charge in [0, 0.05) is 26.7 Å². The van der Waals surface area contributed by atoms with E-state index in [2.05, 4.69) is 4.98 Å². The fraction of sp³-hybridized carbons (Fsp3) is 0.421. The predicted molar refractivity (Wildman–Crippen MR) is 106 cm³/mol. The maximum atomic E-state index is 14.8. The zero-order valence-electron chi connectivity index (χ0n) is 16.8. The Morgan fingerprint density at radius 3 is 2.57 bits per heavy atom. The average molecular weight is 444 g/mol. The summed E-state index contributed by atoms with van der Waals surface area (Å²) in [6.45, 7) is 1.35. The molecule has 0 aliphatic carbocycles. The van der Waals surface area contributed by atoms with Crippen LogP contribution in [0.25, 0.3) is 0 Å². The number of anilines is 2. The summed E-state index contributed by atoms with van der Waals surface area (Å²) in [5, 5.41) is 0. The van der Waals surface area contributed by atoms with Crippen molar-refractivity contribution in [2.45, 2.75) is 16.9 Å². The van der Waals surface area contributed by atoms with Crippen molar-refractivity contribution in [3.63, 3.8) is 0 Å². The number of sulfonamides is 1. The molecule has 1 aliphatic rings. The molecule has 0 saturated carbocycles. The van der Waals surface area contributed by atoms with Gasteiger partial charge in [0.15, 0.2) is 11.6 Å². The molecule has 1 saturated heterocycles. The first-order valence-corrected chi connectivity index (χ1v) is 10.6. The Morgan fingerprint density at radius 1 is 1.20 bits per heavy atom. The van der Waals surface area contributed by atoms with Gasteiger partial charge >= 0.3 is 0 Å². The highest BCUT2D eigenvalue weighted by Gasteiger charge is 2.40. The van der Waals surface area contributed by atoms with Crippen molar-refractivity contribution in [2.75, 3.05) is 50.5 Å². The van der Waals surface area contributed by atoms with E-state index in [1.165, 1.54) is 18.2 Å². The van der Waals surface area contributed by atoms with Gasteiger partial charge < -0.3 is 14.5 Å². The third-order valence-corrected chi connectivity index (χ3v) is 6.34. The van der Waals surface area contributed by atoms with Crippen LogP contribution in [0.1, 0.15) is 6.42 Å². The van der Waals surface area contributed by atoms with Crippen LogP contribution in [0.2, 0.25) is 0 Å². The molecule has 164 valence electrons. The van der Waals surface area contributed by atoms with Crippen LogP contribution in [0.5, 0.6) is 0 Å². The molecular formula is C19H23F3N4O3S. The monoisotopic (exact) mass is 444 g/mol. The molecule has 30 heavy (non-hydrogen) atoms. The van der Waals surface area contributed by atoms with E-state index in [4.69, 9.17) is 4.74 Å². The topological polar surface area (TPSA) is 74.8 Å². The molecule has 0 amide bonds. The summed E-state index contributed by atoms with van der Waals surface area (Å²) in [5.74, 6) is -4.04. The summed E-state index contributed by atoms with van der Waals surface area (Å²) in [6, 6.07) is 5.66. The van der Waals surface area contributed by atoms with Crippen LogP contribution in [0.15, 0.2) is 35.2 Å². The molecule has 0 spiro atoms. The minimum absolute atomic E-state index is 0.0481. The highest BCUT2D eigenvalue weighted by molar-refractivity contribution is 7.92. The molecule has 0 radical (unpaired) electrons. The predicted octanol–water partition coefficient (Wildman–Crippen LogP) is 2.46. The molecule has 2 aromatic rings. The summed E-state index contributed by atoms with van der Waals surface area (Å²) in [4.78, 5) is 6.06. The fourth-order valence-electron chi connectivity index (χ4n) is 3.62. The third-order valence-electron chi connectivity index (χ3n) is 4.96. The molecule has 11 heteroatoms. The first-order chi connectivity index (χ1) is 14.1. The number of halogens is 3. The summed E-state index contributed by atoms with van der Waals surface area (Å²) in [6.07, 6.45) is 0.607. The normalized spacial score (nSPS) is 19.5. The van der Waals surface area contributed by atoms with Crippen molar-refractivity contribution >= 4 is 21.5 Å². The molecule has 0 bridgehead atoms. The van der Waals surface area contributed by atoms with Gasteiger partial charge in [0.2, 0.25) is 5.95 Å². The molecule has 1 aromatic heterocycles. The van der Waals surface area contributed by atoms with Gasteiger partial charge in [-0.15, -0.1) is 0 Å². The summed E-state index contributed by atoms with van der Waals surface area (Å²) >= 11 is 0. The quantitative estimate of drug-likeness (QED) is 0.662. The Morgan fingerprint density at radius 2 is 1.93 bits per heavy atom. The zero-order valence-corrected chi connectivity index (χ0v) is 17.6. The van der Waals surface area contributed by atoms with E-state index >= 15 is 0 Å². The van der Waals surface area contributed by atoms with Gasteiger partial charge in [-0.3, -0.25) is 4.72 Å². The first-order valence-electron chi connectivity index (χ1n) is 9.15. The number of hydrogen-bond donors (Lipinski definition) is 1. The van der Waals surface area contributed by atoms with Crippen LogP contribution >= 0.6 is 0 Å². The van der Waals surface area contributed by atoms with E-state index in [0.717, 1.165) is 12.1 Å². The number of nitrogens with zero attached hydrogens (tertiary/aromatic N) is 3. The lowest BCUT2D eigenvalue weighted by molar-refractivity contribution is -0.0100. The van der Waals surface area contributed by atoms with Crippen molar-refractivity contribution in [3.8, 4) is 0 Å². The van der Waals surface area contributed by atoms with Crippen molar-refractivity contribution in [1.82, 2.24) is 9.88 Å². The van der Waals surface area contributed by atoms with Gasteiger partial charge in [-0.05, 0) is 44.8 Å². The van der Waals surface area contributed by atoms with E-state index in [9.17, 15) is 21.6 Å². The number of hydrogen-bond acceptors (Lipinski definition) is 6. The second kappa shape index (κ2) is 8.40. The number of likely N-dealkylation sites (N-methyl/N-ethyl adjacent to an activating group) is 1. The van der Waals surface area contributed by atoms with E-state index in [1.807, 2.05) is 23.7 Å². The van der Waals surface area contributed by atoms with Crippen LogP contribution < -0.4 is 9.62 Å². The van der Waals surface area contributed by atoms with Crippen LogP contribution in [0.4, 0.5) is 24.7 Å². The Labute approximate surface area is 173 Å². The van der Waals surface area contributed by atoms with Gasteiger partial charge in [0.25, 0.3) is 10.0 Å². The van der Waals surface area contributed by atoms with Gasteiger partial charge in [-0.1, -0.05) is 6.07 Å². The molecule has 3 rings (SSSR count). The standard InChI is InChI=1S/C19H23F3N4O3S/c1-25(2)11-19(29-3)9-10-26(12-19)13-7-8-14(18(22)17(13)21)30(27,28)24-16-6-4-5-15(20)23-16/h4-8H,9-12H2,1-3H3,(H,23,24). The second-order valence-electron chi connectivity index (χ2n) is 7.46. The van der Waals surface area contributed by atoms with Crippen LogP contribution in [0.3, 0.4) is 0 Å². The molecule has 1 N–H and O–H groups in total. The van der Waals surface area contributed by atoms with E-state index in [1.54, 1.807) is 12.0 Å². The fourth-order valence-corrected chi connectivity index (χ4v) is 4.69. The largest absolute Gasteiger partial charge is 0.375 e. The Hall–Kier alpha value is -2.37. The van der Waals surface area contributed by atoms with Gasteiger partial charge in [0.1, 0.15) is 10.7 Å². The number of methoxy groups -OCH3 is 1. The van der Waals surface area contributed by atoms with Gasteiger partial charge in [0.05, 0.1) is 11.3 Å². The molecule has 1 unspecified atom stereocenters. The average Bonchev–Trinajstić information content (AvgIpc) is 3.07. The Bertz CT molecular complexity index is 1040. The highest BCUT2D eigenvalue weighted by Crippen LogP contribution is 2.34. The van der Waals surface area contributed by atoms with Crippen LogP contribution in [-0.4, -0.2) is 64.7 Å². The summed E-state index contributed by atoms with van der Waals surface area (Å²) in [5.41, 5.74) is -0.588. The Kier molecular flexibility index (Phi) is 6.25. The van der Waals surface area contributed by atoms with Gasteiger partial charge in [-0.25, -0.2) is 22.2 Å². The number of rotatable bonds is 7. The molecule has 1 aromatic carbocycles. The van der Waals surface area contributed by atoms with Crippen molar-refractivity contribution in [2.24, 2.45) is 0 Å². The molecule has 1 aliphatic heterocycles. The number of aromatic nitrogens is 1. The smallest absolute Gasteiger partial charge is 0.266 e. The zero-order chi connectivity index (χ0) is 22.1.